The Morgan fingerprint density at radius 2 is 1.33 bits per heavy atom. The number of anilines is 2. The van der Waals surface area contributed by atoms with Gasteiger partial charge in [0.25, 0.3) is 0 Å². The maximum atomic E-state index is 4.03. The third-order valence-electron chi connectivity index (χ3n) is 10.8. The van der Waals surface area contributed by atoms with Crippen molar-refractivity contribution in [2.75, 3.05) is 4.90 Å². The summed E-state index contributed by atoms with van der Waals surface area (Å²) >= 11 is 0. The van der Waals surface area contributed by atoms with Gasteiger partial charge in [-0.1, -0.05) is 168 Å². The summed E-state index contributed by atoms with van der Waals surface area (Å²) < 4.78 is 0. The minimum atomic E-state index is -0.0910. The highest BCUT2D eigenvalue weighted by molar-refractivity contribution is 5.94. The van der Waals surface area contributed by atoms with E-state index in [4.69, 9.17) is 0 Å². The summed E-state index contributed by atoms with van der Waals surface area (Å²) in [5, 5.41) is 0. The van der Waals surface area contributed by atoms with Crippen LogP contribution in [0.25, 0.3) is 39.0 Å². The molecule has 0 radical (unpaired) electrons. The topological polar surface area (TPSA) is 3.24 Å². The Labute approximate surface area is 305 Å². The molecule has 1 atom stereocenters. The second kappa shape index (κ2) is 14.3. The van der Waals surface area contributed by atoms with E-state index in [1.54, 1.807) is 0 Å². The van der Waals surface area contributed by atoms with Gasteiger partial charge in [0.1, 0.15) is 0 Å². The molecule has 0 aliphatic heterocycles. The van der Waals surface area contributed by atoms with E-state index in [2.05, 4.69) is 204 Å². The van der Waals surface area contributed by atoms with Crippen molar-refractivity contribution >= 4 is 16.9 Å². The van der Waals surface area contributed by atoms with Crippen LogP contribution in [0.1, 0.15) is 67.9 Å². The van der Waals surface area contributed by atoms with Crippen LogP contribution in [-0.4, -0.2) is 0 Å². The van der Waals surface area contributed by atoms with Crippen molar-refractivity contribution in [1.29, 1.82) is 0 Å². The maximum absolute atomic E-state index is 4.03. The Kier molecular flexibility index (Phi) is 9.48. The molecule has 0 amide bonds. The summed E-state index contributed by atoms with van der Waals surface area (Å²) in [5.74, 6) is 0.481. The maximum Gasteiger partial charge on any atom is 0.0537 e. The van der Waals surface area contributed by atoms with E-state index in [0.717, 1.165) is 23.2 Å². The minimum Gasteiger partial charge on any atom is -0.317 e. The molecule has 51 heavy (non-hydrogen) atoms. The number of benzene rings is 6. The molecule has 0 bridgehead atoms. The Bertz CT molecular complexity index is 2250. The van der Waals surface area contributed by atoms with E-state index in [1.165, 1.54) is 61.3 Å². The summed E-state index contributed by atoms with van der Waals surface area (Å²) in [6.45, 7) is 15.6. The lowest BCUT2D eigenvalue weighted by atomic mass is 9.82. The van der Waals surface area contributed by atoms with E-state index in [1.807, 2.05) is 6.08 Å². The predicted molar refractivity (Wildman–Crippen MR) is 221 cm³/mol. The van der Waals surface area contributed by atoms with Crippen LogP contribution in [0.2, 0.25) is 0 Å². The Morgan fingerprint density at radius 3 is 2.08 bits per heavy atom. The smallest absolute Gasteiger partial charge is 0.0537 e. The number of fused-ring (bicyclic) bond motifs is 3. The highest BCUT2D eigenvalue weighted by Gasteiger charge is 2.37. The third-order valence-corrected chi connectivity index (χ3v) is 10.8. The number of rotatable bonds is 10. The SMILES string of the molecule is C=C/C=C(\C=C/N(c1ccc(-c2cccc(C)c2-c2ccccc2C(C)CC)cc1)c1cccc2c1-c1ccccc1C2(C)C)c1ccccc1. The quantitative estimate of drug-likeness (QED) is 0.132. The molecule has 0 saturated carbocycles. The van der Waals surface area contributed by atoms with Crippen molar-refractivity contribution in [3.63, 3.8) is 0 Å². The number of nitrogens with zero attached hydrogens (tertiary/aromatic N) is 1. The van der Waals surface area contributed by atoms with Crippen molar-refractivity contribution in [3.05, 3.63) is 198 Å². The van der Waals surface area contributed by atoms with Crippen LogP contribution in [-0.2, 0) is 5.41 Å². The third kappa shape index (κ3) is 6.30. The molecule has 1 nitrogen and oxygen atoms in total. The van der Waals surface area contributed by atoms with Crippen LogP contribution in [0.4, 0.5) is 11.4 Å². The molecule has 1 aliphatic carbocycles. The first kappa shape index (κ1) is 33.8. The molecule has 6 aromatic rings. The van der Waals surface area contributed by atoms with E-state index in [0.29, 0.717) is 5.92 Å². The number of hydrogen-bond acceptors (Lipinski definition) is 1. The molecule has 1 unspecified atom stereocenters. The molecule has 6 aromatic carbocycles. The van der Waals surface area contributed by atoms with Gasteiger partial charge >= 0.3 is 0 Å². The first-order valence-corrected chi connectivity index (χ1v) is 18.2. The van der Waals surface area contributed by atoms with Crippen molar-refractivity contribution in [1.82, 2.24) is 0 Å². The zero-order valence-electron chi connectivity index (χ0n) is 30.5. The first-order chi connectivity index (χ1) is 24.8. The molecule has 1 aliphatic rings. The monoisotopic (exact) mass is 661 g/mol. The minimum absolute atomic E-state index is 0.0910. The molecule has 0 fully saturated rings. The largest absolute Gasteiger partial charge is 0.317 e. The molecule has 0 spiro atoms. The fourth-order valence-corrected chi connectivity index (χ4v) is 7.84. The van der Waals surface area contributed by atoms with Crippen molar-refractivity contribution in [3.8, 4) is 33.4 Å². The van der Waals surface area contributed by atoms with E-state index < -0.39 is 0 Å². The van der Waals surface area contributed by atoms with Crippen LogP contribution in [0.5, 0.6) is 0 Å². The number of hydrogen-bond donors (Lipinski definition) is 0. The summed E-state index contributed by atoms with van der Waals surface area (Å²) in [4.78, 5) is 2.36. The molecular weight excluding hydrogens is 615 g/mol. The van der Waals surface area contributed by atoms with Crippen molar-refractivity contribution in [2.24, 2.45) is 0 Å². The molecule has 1 heteroatoms. The van der Waals surface area contributed by atoms with Crippen LogP contribution in [0.3, 0.4) is 0 Å². The Balaban J connectivity index is 1.38. The second-order valence-corrected chi connectivity index (χ2v) is 14.2. The lowest BCUT2D eigenvalue weighted by Gasteiger charge is -2.26. The van der Waals surface area contributed by atoms with Gasteiger partial charge in [0.15, 0.2) is 0 Å². The normalized spacial score (nSPS) is 13.9. The summed E-state index contributed by atoms with van der Waals surface area (Å²) in [6, 6.07) is 51.0. The zero-order valence-corrected chi connectivity index (χ0v) is 30.5. The van der Waals surface area contributed by atoms with Gasteiger partial charge in [-0.05, 0) is 105 Å². The molecule has 0 heterocycles. The van der Waals surface area contributed by atoms with Crippen LogP contribution in [0.15, 0.2) is 171 Å². The molecule has 0 saturated heterocycles. The average Bonchev–Trinajstić information content (AvgIpc) is 3.41. The van der Waals surface area contributed by atoms with Gasteiger partial charge in [0, 0.05) is 22.9 Å². The first-order valence-electron chi connectivity index (χ1n) is 18.2. The highest BCUT2D eigenvalue weighted by atomic mass is 15.1. The Hall–Kier alpha value is -5.66. The van der Waals surface area contributed by atoms with Gasteiger partial charge in [-0.25, -0.2) is 0 Å². The summed E-state index contributed by atoms with van der Waals surface area (Å²) in [7, 11) is 0. The van der Waals surface area contributed by atoms with Gasteiger partial charge in [0.2, 0.25) is 0 Å². The standard InChI is InChI=1S/C50H47N/c1-7-18-37(38-20-10-9-11-21-38)33-34-51(47-28-17-27-46-49(47)44-24-14-15-26-45(44)50(46,5)6)40-31-29-39(30-32-40)42-25-16-19-36(4)48(42)43-23-13-12-22-41(43)35(3)8-2/h7,9-35H,1,8H2,2-6H3/b34-33-,37-18+. The number of aryl methyl sites for hydroxylation is 1. The van der Waals surface area contributed by atoms with Gasteiger partial charge < -0.3 is 4.90 Å². The van der Waals surface area contributed by atoms with E-state index in [9.17, 15) is 0 Å². The van der Waals surface area contributed by atoms with Crippen LogP contribution < -0.4 is 4.90 Å². The van der Waals surface area contributed by atoms with Crippen molar-refractivity contribution < 1.29 is 0 Å². The van der Waals surface area contributed by atoms with Gasteiger partial charge in [-0.2, -0.15) is 0 Å². The average molecular weight is 662 g/mol. The van der Waals surface area contributed by atoms with Gasteiger partial charge in [-0.3, -0.25) is 0 Å². The van der Waals surface area contributed by atoms with Gasteiger partial charge in [-0.15, -0.1) is 0 Å². The molecule has 7 rings (SSSR count). The fraction of sp³-hybridized carbons (Fsp3) is 0.160. The lowest BCUT2D eigenvalue weighted by molar-refractivity contribution is 0.660. The highest BCUT2D eigenvalue weighted by Crippen LogP contribution is 2.53. The van der Waals surface area contributed by atoms with Crippen molar-refractivity contribution in [2.45, 2.75) is 52.4 Å². The van der Waals surface area contributed by atoms with Crippen LogP contribution >= 0.6 is 0 Å². The zero-order chi connectivity index (χ0) is 35.5. The van der Waals surface area contributed by atoms with Crippen LogP contribution in [0, 0.1) is 6.92 Å². The summed E-state index contributed by atoms with van der Waals surface area (Å²) in [5.41, 5.74) is 17.6. The number of allylic oxidation sites excluding steroid dienone is 4. The molecule has 0 aromatic heterocycles. The van der Waals surface area contributed by atoms with E-state index in [-0.39, 0.29) is 5.41 Å². The van der Waals surface area contributed by atoms with Gasteiger partial charge in [0.05, 0.1) is 5.69 Å². The lowest BCUT2D eigenvalue weighted by Crippen LogP contribution is -2.15. The molecule has 0 N–H and O–H groups in total. The predicted octanol–water partition coefficient (Wildman–Crippen LogP) is 14.1. The molecule has 252 valence electrons. The molecular formula is C50H47N. The second-order valence-electron chi connectivity index (χ2n) is 14.2. The summed E-state index contributed by atoms with van der Waals surface area (Å²) in [6.07, 6.45) is 9.48. The fourth-order valence-electron chi connectivity index (χ4n) is 7.84. The van der Waals surface area contributed by atoms with E-state index >= 15 is 0 Å². The Morgan fingerprint density at radius 1 is 0.686 bits per heavy atom.